The highest BCUT2D eigenvalue weighted by Gasteiger charge is 2.46. The van der Waals surface area contributed by atoms with E-state index in [1.165, 1.54) is 52.0 Å². The second-order valence-corrected chi connectivity index (χ2v) is 7.00. The zero-order valence-corrected chi connectivity index (χ0v) is 12.0. The molecule has 0 radical (unpaired) electrons. The van der Waals surface area contributed by atoms with E-state index in [4.69, 9.17) is 5.73 Å². The zero-order valence-electron chi connectivity index (χ0n) is 12.0. The Balaban J connectivity index is 1.50. The van der Waals surface area contributed by atoms with E-state index in [9.17, 15) is 0 Å². The standard InChI is InChI=1S/C15H29N3/c1-11(2)18-7-5-17(6-8-18)10-14-12-3-4-13(9-12)15(14)16/h11-15H,3-10,16H2,1-2H3. The molecule has 1 saturated heterocycles. The number of nitrogens with two attached hydrogens (primary N) is 1. The van der Waals surface area contributed by atoms with Gasteiger partial charge in [-0.2, -0.15) is 0 Å². The number of hydrogen-bond donors (Lipinski definition) is 1. The summed E-state index contributed by atoms with van der Waals surface area (Å²) in [4.78, 5) is 5.27. The summed E-state index contributed by atoms with van der Waals surface area (Å²) in [6.45, 7) is 10.9. The van der Waals surface area contributed by atoms with Crippen molar-refractivity contribution >= 4 is 0 Å². The fraction of sp³-hybridized carbons (Fsp3) is 1.00. The summed E-state index contributed by atoms with van der Waals surface area (Å²) >= 11 is 0. The zero-order chi connectivity index (χ0) is 12.7. The highest BCUT2D eigenvalue weighted by atomic mass is 15.3. The molecule has 3 rings (SSSR count). The second-order valence-electron chi connectivity index (χ2n) is 7.00. The molecular formula is C15H29N3. The Bertz CT molecular complexity index is 281. The highest BCUT2D eigenvalue weighted by Crippen LogP contribution is 2.47. The molecule has 0 aromatic carbocycles. The molecule has 4 unspecified atom stereocenters. The fourth-order valence-electron chi connectivity index (χ4n) is 4.49. The summed E-state index contributed by atoms with van der Waals surface area (Å²) in [5.41, 5.74) is 6.42. The topological polar surface area (TPSA) is 32.5 Å². The monoisotopic (exact) mass is 251 g/mol. The summed E-state index contributed by atoms with van der Waals surface area (Å²) in [6.07, 6.45) is 4.29. The normalized spacial score (nSPS) is 42.0. The van der Waals surface area contributed by atoms with Crippen LogP contribution in [0.25, 0.3) is 0 Å². The lowest BCUT2D eigenvalue weighted by Gasteiger charge is -2.40. The van der Waals surface area contributed by atoms with Crippen molar-refractivity contribution in [2.75, 3.05) is 32.7 Å². The fourth-order valence-corrected chi connectivity index (χ4v) is 4.49. The lowest BCUT2D eigenvalue weighted by Crippen LogP contribution is -2.52. The maximum Gasteiger partial charge on any atom is 0.0113 e. The van der Waals surface area contributed by atoms with Crippen molar-refractivity contribution in [1.29, 1.82) is 0 Å². The Morgan fingerprint density at radius 2 is 1.72 bits per heavy atom. The number of hydrogen-bond acceptors (Lipinski definition) is 3. The van der Waals surface area contributed by atoms with Gasteiger partial charge in [0, 0.05) is 44.8 Å². The quantitative estimate of drug-likeness (QED) is 0.822. The molecule has 1 heterocycles. The minimum absolute atomic E-state index is 0.506. The van der Waals surface area contributed by atoms with Crippen LogP contribution in [0.3, 0.4) is 0 Å². The van der Waals surface area contributed by atoms with E-state index in [1.807, 2.05) is 0 Å². The van der Waals surface area contributed by atoms with Gasteiger partial charge in [-0.1, -0.05) is 0 Å². The van der Waals surface area contributed by atoms with Gasteiger partial charge in [0.1, 0.15) is 0 Å². The van der Waals surface area contributed by atoms with Crippen molar-refractivity contribution in [3.8, 4) is 0 Å². The molecule has 0 spiro atoms. The second kappa shape index (κ2) is 5.10. The molecule has 3 nitrogen and oxygen atoms in total. The Kier molecular flexibility index (Phi) is 3.65. The number of piperazine rings is 1. The van der Waals surface area contributed by atoms with Gasteiger partial charge in [0.05, 0.1) is 0 Å². The molecule has 3 fully saturated rings. The van der Waals surface area contributed by atoms with E-state index in [-0.39, 0.29) is 0 Å². The average molecular weight is 251 g/mol. The van der Waals surface area contributed by atoms with Crippen LogP contribution in [0.4, 0.5) is 0 Å². The first-order chi connectivity index (χ1) is 8.65. The third-order valence-corrected chi connectivity index (χ3v) is 5.76. The first-order valence-corrected chi connectivity index (χ1v) is 7.87. The van der Waals surface area contributed by atoms with Crippen molar-refractivity contribution in [2.24, 2.45) is 23.5 Å². The van der Waals surface area contributed by atoms with E-state index < -0.39 is 0 Å². The molecule has 0 aromatic heterocycles. The van der Waals surface area contributed by atoms with E-state index in [0.717, 1.165) is 17.8 Å². The predicted octanol–water partition coefficient (Wildman–Crippen LogP) is 1.39. The molecular weight excluding hydrogens is 222 g/mol. The average Bonchev–Trinajstić information content (AvgIpc) is 2.94. The lowest BCUT2D eigenvalue weighted by molar-refractivity contribution is 0.0839. The van der Waals surface area contributed by atoms with Crippen LogP contribution in [0.1, 0.15) is 33.1 Å². The molecule has 2 bridgehead atoms. The van der Waals surface area contributed by atoms with Gasteiger partial charge in [0.15, 0.2) is 0 Å². The number of rotatable bonds is 3. The highest BCUT2D eigenvalue weighted by molar-refractivity contribution is 5.00. The van der Waals surface area contributed by atoms with Crippen LogP contribution in [0, 0.1) is 17.8 Å². The molecule has 3 aliphatic rings. The van der Waals surface area contributed by atoms with Gasteiger partial charge in [-0.3, -0.25) is 4.90 Å². The maximum absolute atomic E-state index is 6.42. The van der Waals surface area contributed by atoms with E-state index in [2.05, 4.69) is 23.6 Å². The molecule has 2 saturated carbocycles. The minimum Gasteiger partial charge on any atom is -0.327 e. The minimum atomic E-state index is 0.506. The van der Waals surface area contributed by atoms with E-state index >= 15 is 0 Å². The van der Waals surface area contributed by atoms with Gasteiger partial charge < -0.3 is 10.6 Å². The van der Waals surface area contributed by atoms with Crippen LogP contribution >= 0.6 is 0 Å². The molecule has 0 amide bonds. The van der Waals surface area contributed by atoms with Gasteiger partial charge in [-0.05, 0) is 50.9 Å². The van der Waals surface area contributed by atoms with E-state index in [1.54, 1.807) is 0 Å². The molecule has 4 atom stereocenters. The molecule has 3 heteroatoms. The van der Waals surface area contributed by atoms with Crippen LogP contribution in [-0.2, 0) is 0 Å². The molecule has 0 aromatic rings. The Hall–Kier alpha value is -0.120. The van der Waals surface area contributed by atoms with Gasteiger partial charge in [-0.15, -0.1) is 0 Å². The number of fused-ring (bicyclic) bond motifs is 2. The van der Waals surface area contributed by atoms with Crippen LogP contribution < -0.4 is 5.73 Å². The van der Waals surface area contributed by atoms with Crippen LogP contribution in [0.15, 0.2) is 0 Å². The van der Waals surface area contributed by atoms with Crippen LogP contribution in [0.5, 0.6) is 0 Å². The van der Waals surface area contributed by atoms with Gasteiger partial charge in [0.2, 0.25) is 0 Å². The van der Waals surface area contributed by atoms with Crippen LogP contribution in [-0.4, -0.2) is 54.6 Å². The molecule has 18 heavy (non-hydrogen) atoms. The van der Waals surface area contributed by atoms with Crippen molar-refractivity contribution in [3.63, 3.8) is 0 Å². The number of nitrogens with zero attached hydrogens (tertiary/aromatic N) is 2. The third kappa shape index (κ3) is 2.33. The Morgan fingerprint density at radius 3 is 2.28 bits per heavy atom. The Morgan fingerprint density at radius 1 is 1.06 bits per heavy atom. The van der Waals surface area contributed by atoms with Crippen molar-refractivity contribution in [2.45, 2.75) is 45.2 Å². The first kappa shape index (κ1) is 12.9. The predicted molar refractivity (Wildman–Crippen MR) is 75.4 cm³/mol. The maximum atomic E-state index is 6.42. The van der Waals surface area contributed by atoms with Gasteiger partial charge >= 0.3 is 0 Å². The third-order valence-electron chi connectivity index (χ3n) is 5.76. The van der Waals surface area contributed by atoms with Crippen molar-refractivity contribution in [3.05, 3.63) is 0 Å². The molecule has 1 aliphatic heterocycles. The summed E-state index contributed by atoms with van der Waals surface area (Å²) in [5, 5.41) is 0. The first-order valence-electron chi connectivity index (χ1n) is 7.87. The van der Waals surface area contributed by atoms with Gasteiger partial charge in [-0.25, -0.2) is 0 Å². The summed E-state index contributed by atoms with van der Waals surface area (Å²) in [7, 11) is 0. The molecule has 2 aliphatic carbocycles. The molecule has 2 N–H and O–H groups in total. The van der Waals surface area contributed by atoms with Gasteiger partial charge in [0.25, 0.3) is 0 Å². The summed E-state index contributed by atoms with van der Waals surface area (Å²) in [5.74, 6) is 2.61. The SMILES string of the molecule is CC(C)N1CCN(CC2C3CCC(C3)C2N)CC1. The Labute approximate surface area is 112 Å². The smallest absolute Gasteiger partial charge is 0.0113 e. The van der Waals surface area contributed by atoms with Crippen LogP contribution in [0.2, 0.25) is 0 Å². The van der Waals surface area contributed by atoms with E-state index in [0.29, 0.717) is 12.1 Å². The largest absolute Gasteiger partial charge is 0.327 e. The summed E-state index contributed by atoms with van der Waals surface area (Å²) < 4.78 is 0. The van der Waals surface area contributed by atoms with Crippen molar-refractivity contribution in [1.82, 2.24) is 9.80 Å². The summed E-state index contributed by atoms with van der Waals surface area (Å²) in [6, 6.07) is 1.21. The van der Waals surface area contributed by atoms with Crippen molar-refractivity contribution < 1.29 is 0 Å². The molecule has 104 valence electrons. The lowest BCUT2D eigenvalue weighted by atomic mass is 9.84.